The Bertz CT molecular complexity index is 708. The number of nitrogens with zero attached hydrogens (tertiary/aromatic N) is 1. The van der Waals surface area contributed by atoms with E-state index in [9.17, 15) is 13.2 Å². The lowest BCUT2D eigenvalue weighted by Crippen LogP contribution is -2.44. The summed E-state index contributed by atoms with van der Waals surface area (Å²) in [7, 11) is -3.01. The number of rotatable bonds is 7. The summed E-state index contributed by atoms with van der Waals surface area (Å²) in [5.41, 5.74) is 1.08. The molecule has 1 heterocycles. The molecular formula is C22H33NO3S. The number of benzene rings is 1. The van der Waals surface area contributed by atoms with Crippen LogP contribution in [0.3, 0.4) is 0 Å². The predicted molar refractivity (Wildman–Crippen MR) is 109 cm³/mol. The van der Waals surface area contributed by atoms with E-state index in [4.69, 9.17) is 0 Å². The summed E-state index contributed by atoms with van der Waals surface area (Å²) in [6, 6.07) is 9.79. The van der Waals surface area contributed by atoms with E-state index in [0.717, 1.165) is 37.2 Å². The fourth-order valence-corrected chi connectivity index (χ4v) is 6.34. The highest BCUT2D eigenvalue weighted by Gasteiger charge is 2.37. The summed E-state index contributed by atoms with van der Waals surface area (Å²) < 4.78 is 24.0. The van der Waals surface area contributed by atoms with Gasteiger partial charge in [-0.15, -0.1) is 0 Å². The third-order valence-electron chi connectivity index (χ3n) is 6.29. The Labute approximate surface area is 164 Å². The Morgan fingerprint density at radius 1 is 1.07 bits per heavy atom. The van der Waals surface area contributed by atoms with Gasteiger partial charge in [0.1, 0.15) is 0 Å². The summed E-state index contributed by atoms with van der Waals surface area (Å²) >= 11 is 0. The van der Waals surface area contributed by atoms with Gasteiger partial charge in [-0.25, -0.2) is 8.42 Å². The first kappa shape index (κ1) is 20.4. The second kappa shape index (κ2) is 9.22. The van der Waals surface area contributed by atoms with Crippen molar-refractivity contribution in [3.8, 4) is 0 Å². The Morgan fingerprint density at radius 3 is 2.37 bits per heavy atom. The van der Waals surface area contributed by atoms with E-state index in [1.165, 1.54) is 19.3 Å². The largest absolute Gasteiger partial charge is 0.334 e. The molecule has 1 saturated carbocycles. The molecule has 1 saturated heterocycles. The minimum atomic E-state index is -3.01. The van der Waals surface area contributed by atoms with Crippen LogP contribution >= 0.6 is 0 Å². The van der Waals surface area contributed by atoms with E-state index >= 15 is 0 Å². The van der Waals surface area contributed by atoms with Crippen molar-refractivity contribution < 1.29 is 13.2 Å². The van der Waals surface area contributed by atoms with Crippen LogP contribution in [0.1, 0.15) is 63.9 Å². The summed E-state index contributed by atoms with van der Waals surface area (Å²) in [4.78, 5) is 15.2. The molecular weight excluding hydrogens is 358 g/mol. The van der Waals surface area contributed by atoms with Gasteiger partial charge in [0.15, 0.2) is 9.84 Å². The first-order valence-corrected chi connectivity index (χ1v) is 12.4. The number of amides is 1. The monoisotopic (exact) mass is 391 g/mol. The Kier molecular flexibility index (Phi) is 6.96. The number of unbranched alkanes of at least 4 members (excludes halogenated alkanes) is 1. The SMILES string of the molecule is CCCCC1CCC(C(=O)N(Cc2ccccc2)C2CCS(=O)(=O)C2)CC1. The van der Waals surface area contributed by atoms with Crippen molar-refractivity contribution in [1.29, 1.82) is 0 Å². The molecule has 1 amide bonds. The van der Waals surface area contributed by atoms with Crippen molar-refractivity contribution in [3.05, 3.63) is 35.9 Å². The fourth-order valence-electron chi connectivity index (χ4n) is 4.61. The molecule has 1 aliphatic carbocycles. The Hall–Kier alpha value is -1.36. The molecule has 5 heteroatoms. The van der Waals surface area contributed by atoms with Gasteiger partial charge in [0, 0.05) is 18.5 Å². The molecule has 3 rings (SSSR count). The zero-order valence-corrected chi connectivity index (χ0v) is 17.3. The van der Waals surface area contributed by atoms with E-state index in [0.29, 0.717) is 13.0 Å². The second-order valence-electron chi connectivity index (χ2n) is 8.37. The van der Waals surface area contributed by atoms with Gasteiger partial charge < -0.3 is 4.90 Å². The lowest BCUT2D eigenvalue weighted by atomic mass is 9.79. The third kappa shape index (κ3) is 5.56. The van der Waals surface area contributed by atoms with Gasteiger partial charge in [0.25, 0.3) is 0 Å². The van der Waals surface area contributed by atoms with Gasteiger partial charge in [-0.1, -0.05) is 56.5 Å². The molecule has 1 atom stereocenters. The van der Waals surface area contributed by atoms with Crippen LogP contribution in [0, 0.1) is 11.8 Å². The van der Waals surface area contributed by atoms with Crippen molar-refractivity contribution in [1.82, 2.24) is 4.90 Å². The molecule has 1 aromatic carbocycles. The van der Waals surface area contributed by atoms with E-state index in [1.807, 2.05) is 35.2 Å². The summed E-state index contributed by atoms with van der Waals surface area (Å²) in [5, 5.41) is 0. The van der Waals surface area contributed by atoms with E-state index in [-0.39, 0.29) is 29.4 Å². The first-order valence-electron chi connectivity index (χ1n) is 10.5. The lowest BCUT2D eigenvalue weighted by molar-refractivity contribution is -0.139. The van der Waals surface area contributed by atoms with Crippen LogP contribution in [-0.2, 0) is 21.2 Å². The zero-order valence-electron chi connectivity index (χ0n) is 16.5. The first-order chi connectivity index (χ1) is 13.0. The van der Waals surface area contributed by atoms with Crippen molar-refractivity contribution in [2.45, 2.75) is 70.9 Å². The summed E-state index contributed by atoms with van der Waals surface area (Å²) in [6.07, 6.45) is 8.56. The minimum absolute atomic E-state index is 0.0647. The molecule has 1 aromatic rings. The minimum Gasteiger partial charge on any atom is -0.334 e. The number of hydrogen-bond acceptors (Lipinski definition) is 3. The quantitative estimate of drug-likeness (QED) is 0.700. The van der Waals surface area contributed by atoms with Crippen LogP contribution in [0.4, 0.5) is 0 Å². The second-order valence-corrected chi connectivity index (χ2v) is 10.6. The van der Waals surface area contributed by atoms with Crippen LogP contribution in [0.5, 0.6) is 0 Å². The molecule has 0 bridgehead atoms. The average molecular weight is 392 g/mol. The van der Waals surface area contributed by atoms with E-state index < -0.39 is 9.84 Å². The molecule has 0 spiro atoms. The maximum Gasteiger partial charge on any atom is 0.226 e. The van der Waals surface area contributed by atoms with Gasteiger partial charge in [-0.05, 0) is 43.6 Å². The zero-order chi connectivity index (χ0) is 19.3. The third-order valence-corrected chi connectivity index (χ3v) is 8.04. The van der Waals surface area contributed by atoms with Gasteiger partial charge in [0.05, 0.1) is 11.5 Å². The summed E-state index contributed by atoms with van der Waals surface area (Å²) in [6.45, 7) is 2.75. The maximum atomic E-state index is 13.4. The Morgan fingerprint density at radius 2 is 1.78 bits per heavy atom. The van der Waals surface area contributed by atoms with Gasteiger partial charge in [-0.3, -0.25) is 4.79 Å². The van der Waals surface area contributed by atoms with Crippen LogP contribution in [0.15, 0.2) is 30.3 Å². The average Bonchev–Trinajstić information content (AvgIpc) is 3.04. The highest BCUT2D eigenvalue weighted by molar-refractivity contribution is 7.91. The highest BCUT2D eigenvalue weighted by Crippen LogP contribution is 2.34. The molecule has 2 fully saturated rings. The standard InChI is InChI=1S/C22H33NO3S/c1-2-3-7-18-10-12-20(13-11-18)22(24)23(16-19-8-5-4-6-9-19)21-14-15-27(25,26)17-21/h4-6,8-9,18,20-21H,2-3,7,10-17H2,1H3. The fraction of sp³-hybridized carbons (Fsp3) is 0.682. The van der Waals surface area contributed by atoms with Crippen molar-refractivity contribution in [3.63, 3.8) is 0 Å². The maximum absolute atomic E-state index is 13.4. The van der Waals surface area contributed by atoms with Crippen LogP contribution < -0.4 is 0 Å². The van der Waals surface area contributed by atoms with Crippen LogP contribution in [0.25, 0.3) is 0 Å². The number of hydrogen-bond donors (Lipinski definition) is 0. The number of carbonyl (C=O) groups is 1. The Balaban J connectivity index is 1.68. The molecule has 4 nitrogen and oxygen atoms in total. The van der Waals surface area contributed by atoms with Gasteiger partial charge in [-0.2, -0.15) is 0 Å². The molecule has 150 valence electrons. The van der Waals surface area contributed by atoms with Crippen LogP contribution in [-0.4, -0.2) is 36.8 Å². The summed E-state index contributed by atoms with van der Waals surface area (Å²) in [5.74, 6) is 1.34. The molecule has 0 N–H and O–H groups in total. The molecule has 1 aliphatic heterocycles. The van der Waals surface area contributed by atoms with Gasteiger partial charge >= 0.3 is 0 Å². The topological polar surface area (TPSA) is 54.5 Å². The molecule has 0 radical (unpaired) electrons. The van der Waals surface area contributed by atoms with Crippen molar-refractivity contribution in [2.24, 2.45) is 11.8 Å². The molecule has 1 unspecified atom stereocenters. The smallest absolute Gasteiger partial charge is 0.226 e. The molecule has 0 aromatic heterocycles. The lowest BCUT2D eigenvalue weighted by Gasteiger charge is -2.35. The highest BCUT2D eigenvalue weighted by atomic mass is 32.2. The molecule has 27 heavy (non-hydrogen) atoms. The molecule has 2 aliphatic rings. The number of carbonyl (C=O) groups excluding carboxylic acids is 1. The number of sulfone groups is 1. The van der Waals surface area contributed by atoms with Crippen LogP contribution in [0.2, 0.25) is 0 Å². The predicted octanol–water partition coefficient (Wildman–Crippen LogP) is 4.20. The van der Waals surface area contributed by atoms with Gasteiger partial charge in [0.2, 0.25) is 5.91 Å². The van der Waals surface area contributed by atoms with E-state index in [2.05, 4.69) is 6.92 Å². The van der Waals surface area contributed by atoms with Crippen molar-refractivity contribution in [2.75, 3.05) is 11.5 Å². The van der Waals surface area contributed by atoms with E-state index in [1.54, 1.807) is 0 Å². The normalized spacial score (nSPS) is 27.4. The van der Waals surface area contributed by atoms with Crippen molar-refractivity contribution >= 4 is 15.7 Å².